The lowest BCUT2D eigenvalue weighted by Crippen LogP contribution is -2.49. The summed E-state index contributed by atoms with van der Waals surface area (Å²) in [5, 5.41) is 2.96. The van der Waals surface area contributed by atoms with Crippen molar-refractivity contribution in [2.45, 2.75) is 25.2 Å². The number of halogens is 3. The van der Waals surface area contributed by atoms with E-state index in [1.54, 1.807) is 0 Å². The Labute approximate surface area is 137 Å². The Morgan fingerprint density at radius 2 is 1.96 bits per heavy atom. The molecule has 1 saturated carbocycles. The van der Waals surface area contributed by atoms with E-state index in [4.69, 9.17) is 0 Å². The van der Waals surface area contributed by atoms with E-state index in [1.807, 2.05) is 4.90 Å². The molecule has 0 aromatic carbocycles. The van der Waals surface area contributed by atoms with Crippen LogP contribution in [0.4, 0.5) is 19.0 Å². The number of aromatic nitrogens is 1. The van der Waals surface area contributed by atoms with E-state index in [-0.39, 0.29) is 11.7 Å². The molecule has 24 heavy (non-hydrogen) atoms. The van der Waals surface area contributed by atoms with Crippen LogP contribution in [0.3, 0.4) is 0 Å². The van der Waals surface area contributed by atoms with Gasteiger partial charge in [-0.3, -0.25) is 9.69 Å². The lowest BCUT2D eigenvalue weighted by molar-refractivity contribution is -0.274. The average molecular weight is 344 g/mol. The summed E-state index contributed by atoms with van der Waals surface area (Å²) >= 11 is 0. The molecule has 9 heteroatoms. The van der Waals surface area contributed by atoms with Crippen LogP contribution in [0.5, 0.6) is 5.75 Å². The minimum atomic E-state index is -4.71. The van der Waals surface area contributed by atoms with Crippen molar-refractivity contribution in [2.75, 3.05) is 37.6 Å². The van der Waals surface area contributed by atoms with Gasteiger partial charge >= 0.3 is 6.36 Å². The first-order chi connectivity index (χ1) is 11.4. The molecule has 1 amide bonds. The molecule has 132 valence electrons. The molecule has 0 radical (unpaired) electrons. The third-order valence-corrected chi connectivity index (χ3v) is 3.96. The van der Waals surface area contributed by atoms with E-state index in [0.29, 0.717) is 44.6 Å². The zero-order valence-corrected chi connectivity index (χ0v) is 13.1. The quantitative estimate of drug-likeness (QED) is 0.875. The van der Waals surface area contributed by atoms with Crippen LogP contribution < -0.4 is 15.0 Å². The highest BCUT2D eigenvalue weighted by molar-refractivity contribution is 5.78. The predicted octanol–water partition coefficient (Wildman–Crippen LogP) is 1.38. The van der Waals surface area contributed by atoms with Crippen LogP contribution in [-0.4, -0.2) is 60.9 Å². The third-order valence-electron chi connectivity index (χ3n) is 3.96. The molecule has 2 heterocycles. The van der Waals surface area contributed by atoms with Crippen molar-refractivity contribution in [3.8, 4) is 5.75 Å². The van der Waals surface area contributed by atoms with Crippen molar-refractivity contribution in [1.29, 1.82) is 0 Å². The number of carbonyl (C=O) groups is 1. The number of hydrogen-bond acceptors (Lipinski definition) is 5. The number of piperazine rings is 1. The summed E-state index contributed by atoms with van der Waals surface area (Å²) in [5.74, 6) is 0.325. The van der Waals surface area contributed by atoms with Gasteiger partial charge < -0.3 is 15.0 Å². The van der Waals surface area contributed by atoms with Crippen molar-refractivity contribution >= 4 is 11.7 Å². The second kappa shape index (κ2) is 6.84. The van der Waals surface area contributed by atoms with Gasteiger partial charge in [0.2, 0.25) is 5.91 Å². The summed E-state index contributed by atoms with van der Waals surface area (Å²) in [5.41, 5.74) is 0. The topological polar surface area (TPSA) is 57.7 Å². The number of nitrogens with zero attached hydrogens (tertiary/aromatic N) is 3. The summed E-state index contributed by atoms with van der Waals surface area (Å²) in [6, 6.07) is 3.13. The Balaban J connectivity index is 1.46. The van der Waals surface area contributed by atoms with E-state index in [9.17, 15) is 18.0 Å². The van der Waals surface area contributed by atoms with Crippen molar-refractivity contribution in [3.63, 3.8) is 0 Å². The fourth-order valence-electron chi connectivity index (χ4n) is 2.59. The third kappa shape index (κ3) is 4.98. The fraction of sp³-hybridized carbons (Fsp3) is 0.600. The van der Waals surface area contributed by atoms with Crippen molar-refractivity contribution in [2.24, 2.45) is 0 Å². The lowest BCUT2D eigenvalue weighted by atomic mass is 10.3. The van der Waals surface area contributed by atoms with Gasteiger partial charge in [0, 0.05) is 32.2 Å². The van der Waals surface area contributed by atoms with E-state index in [2.05, 4.69) is 19.9 Å². The molecular weight excluding hydrogens is 325 g/mol. The highest BCUT2D eigenvalue weighted by atomic mass is 19.4. The molecule has 1 saturated heterocycles. The fourth-order valence-corrected chi connectivity index (χ4v) is 2.59. The normalized spacial score (nSPS) is 19.2. The van der Waals surface area contributed by atoms with E-state index < -0.39 is 6.36 Å². The zero-order valence-electron chi connectivity index (χ0n) is 13.1. The Morgan fingerprint density at radius 1 is 1.25 bits per heavy atom. The number of rotatable bonds is 5. The number of alkyl halides is 3. The number of nitrogens with one attached hydrogen (secondary N) is 1. The molecule has 1 aromatic rings. The Kier molecular flexibility index (Phi) is 4.79. The van der Waals surface area contributed by atoms with Crippen LogP contribution >= 0.6 is 0 Å². The number of hydrogen-bond donors (Lipinski definition) is 1. The van der Waals surface area contributed by atoms with Gasteiger partial charge in [-0.2, -0.15) is 0 Å². The number of amides is 1. The first-order valence-corrected chi connectivity index (χ1v) is 7.87. The number of ether oxygens (including phenoxy) is 1. The summed E-state index contributed by atoms with van der Waals surface area (Å²) in [6.45, 7) is 3.14. The molecule has 2 aliphatic rings. The van der Waals surface area contributed by atoms with Crippen molar-refractivity contribution in [3.05, 3.63) is 18.3 Å². The van der Waals surface area contributed by atoms with Gasteiger partial charge in [-0.15, -0.1) is 13.2 Å². The first kappa shape index (κ1) is 16.8. The number of pyridine rings is 1. The average Bonchev–Trinajstić information content (AvgIpc) is 3.31. The van der Waals surface area contributed by atoms with Gasteiger partial charge in [-0.25, -0.2) is 4.98 Å². The highest BCUT2D eigenvalue weighted by Crippen LogP contribution is 2.24. The standard InChI is InChI=1S/C15H19F3N4O2/c16-15(17,18)24-12-3-4-13(19-9-12)22-7-5-21(6-8-22)10-14(23)20-11-1-2-11/h3-4,9,11H,1-2,5-8,10H2,(H,20,23). The van der Waals surface area contributed by atoms with Gasteiger partial charge in [-0.1, -0.05) is 0 Å². The van der Waals surface area contributed by atoms with Crippen LogP contribution in [0.1, 0.15) is 12.8 Å². The van der Waals surface area contributed by atoms with Gasteiger partial charge in [0.1, 0.15) is 11.6 Å². The van der Waals surface area contributed by atoms with Gasteiger partial charge in [0.25, 0.3) is 0 Å². The molecule has 1 N–H and O–H groups in total. The molecule has 1 aromatic heterocycles. The van der Waals surface area contributed by atoms with Crippen molar-refractivity contribution < 1.29 is 22.7 Å². The summed E-state index contributed by atoms with van der Waals surface area (Å²) in [4.78, 5) is 19.8. The van der Waals surface area contributed by atoms with Gasteiger partial charge in [0.05, 0.1) is 12.7 Å². The Morgan fingerprint density at radius 3 is 2.50 bits per heavy atom. The van der Waals surface area contributed by atoms with Gasteiger partial charge in [0.15, 0.2) is 0 Å². The van der Waals surface area contributed by atoms with Crippen LogP contribution in [0, 0.1) is 0 Å². The monoisotopic (exact) mass is 344 g/mol. The van der Waals surface area contributed by atoms with Crippen LogP contribution in [0.2, 0.25) is 0 Å². The Bertz CT molecular complexity index is 567. The molecule has 0 bridgehead atoms. The van der Waals surface area contributed by atoms with E-state index >= 15 is 0 Å². The zero-order chi connectivity index (χ0) is 17.2. The maximum atomic E-state index is 12.1. The molecule has 1 aliphatic heterocycles. The summed E-state index contributed by atoms with van der Waals surface area (Å²) in [6.07, 6.45) is -1.51. The molecule has 0 spiro atoms. The van der Waals surface area contributed by atoms with Crippen LogP contribution in [-0.2, 0) is 4.79 Å². The van der Waals surface area contributed by atoms with Crippen molar-refractivity contribution in [1.82, 2.24) is 15.2 Å². The molecule has 2 fully saturated rings. The molecule has 6 nitrogen and oxygen atoms in total. The number of carbonyl (C=O) groups excluding carboxylic acids is 1. The smallest absolute Gasteiger partial charge is 0.404 e. The van der Waals surface area contributed by atoms with E-state index in [1.165, 1.54) is 12.1 Å². The van der Waals surface area contributed by atoms with Crippen LogP contribution in [0.15, 0.2) is 18.3 Å². The summed E-state index contributed by atoms with van der Waals surface area (Å²) in [7, 11) is 0. The Hall–Kier alpha value is -2.03. The maximum absolute atomic E-state index is 12.1. The van der Waals surface area contributed by atoms with E-state index in [0.717, 1.165) is 19.0 Å². The maximum Gasteiger partial charge on any atom is 0.573 e. The predicted molar refractivity (Wildman–Crippen MR) is 80.7 cm³/mol. The second-order valence-corrected chi connectivity index (χ2v) is 6.00. The van der Waals surface area contributed by atoms with Gasteiger partial charge in [-0.05, 0) is 25.0 Å². The largest absolute Gasteiger partial charge is 0.573 e. The molecular formula is C15H19F3N4O2. The molecule has 0 atom stereocenters. The summed E-state index contributed by atoms with van der Waals surface area (Å²) < 4.78 is 40.2. The molecule has 0 unspecified atom stereocenters. The van der Waals surface area contributed by atoms with Crippen LogP contribution in [0.25, 0.3) is 0 Å². The first-order valence-electron chi connectivity index (χ1n) is 7.87. The minimum Gasteiger partial charge on any atom is -0.404 e. The SMILES string of the molecule is O=C(CN1CCN(c2ccc(OC(F)(F)F)cn2)CC1)NC1CC1. The second-order valence-electron chi connectivity index (χ2n) is 6.00. The minimum absolute atomic E-state index is 0.0535. The number of anilines is 1. The molecule has 3 rings (SSSR count). The highest BCUT2D eigenvalue weighted by Gasteiger charge is 2.31. The molecule has 1 aliphatic carbocycles. The lowest BCUT2D eigenvalue weighted by Gasteiger charge is -2.35.